The summed E-state index contributed by atoms with van der Waals surface area (Å²) in [4.78, 5) is 12.0. The van der Waals surface area contributed by atoms with Crippen LogP contribution < -0.4 is 10.6 Å². The molecule has 0 aliphatic rings. The number of hydrogen-bond acceptors (Lipinski definition) is 4. The second-order valence-electron chi connectivity index (χ2n) is 6.04. The molecule has 0 heterocycles. The predicted octanol–water partition coefficient (Wildman–Crippen LogP) is 2.60. The minimum atomic E-state index is -0.394. The summed E-state index contributed by atoms with van der Waals surface area (Å²) in [5, 5.41) is 24.2. The number of hydrogen-bond donors (Lipinski definition) is 3. The quantitative estimate of drug-likeness (QED) is 0.388. The zero-order valence-corrected chi connectivity index (χ0v) is 14.8. The molecule has 26 heavy (non-hydrogen) atoms. The first kappa shape index (κ1) is 19.1. The van der Waals surface area contributed by atoms with Gasteiger partial charge >= 0.3 is 0 Å². The number of benzene rings is 2. The van der Waals surface area contributed by atoms with Crippen LogP contribution in [0.1, 0.15) is 16.7 Å². The second kappa shape index (κ2) is 9.90. The zero-order valence-electron chi connectivity index (χ0n) is 14.8. The zero-order chi connectivity index (χ0) is 18.8. The van der Waals surface area contributed by atoms with Crippen LogP contribution in [0.3, 0.4) is 0 Å². The highest BCUT2D eigenvalue weighted by Crippen LogP contribution is 2.09. The van der Waals surface area contributed by atoms with E-state index in [0.29, 0.717) is 19.5 Å². The number of carbonyl (C=O) groups is 1. The van der Waals surface area contributed by atoms with Crippen LogP contribution in [0.2, 0.25) is 0 Å². The van der Waals surface area contributed by atoms with Crippen LogP contribution in [0, 0.1) is 18.3 Å². The third-order valence-electron chi connectivity index (χ3n) is 3.89. The topological polar surface area (TPSA) is 85.2 Å². The standard InChI is InChI=1S/C21H23N3O2/c1-16-3-2-4-18(13-16)9-11-23-15-19(14-22)21(26)24-12-10-17-5-7-20(25)8-6-17/h2-8,13,15,23,25H,9-12H2,1H3,(H,24,26)/b19-15-. The second-order valence-corrected chi connectivity index (χ2v) is 6.04. The minimum Gasteiger partial charge on any atom is -0.508 e. The van der Waals surface area contributed by atoms with Crippen LogP contribution in [0.5, 0.6) is 5.75 Å². The van der Waals surface area contributed by atoms with Crippen molar-refractivity contribution in [2.75, 3.05) is 13.1 Å². The highest BCUT2D eigenvalue weighted by atomic mass is 16.3. The van der Waals surface area contributed by atoms with Crippen molar-refractivity contribution in [2.24, 2.45) is 0 Å². The van der Waals surface area contributed by atoms with E-state index < -0.39 is 5.91 Å². The number of nitrogens with zero attached hydrogens (tertiary/aromatic N) is 1. The first-order valence-electron chi connectivity index (χ1n) is 8.54. The van der Waals surface area contributed by atoms with Gasteiger partial charge in [-0.1, -0.05) is 42.0 Å². The van der Waals surface area contributed by atoms with Gasteiger partial charge < -0.3 is 15.7 Å². The van der Waals surface area contributed by atoms with Crippen molar-refractivity contribution in [2.45, 2.75) is 19.8 Å². The molecule has 2 aromatic carbocycles. The Bertz CT molecular complexity index is 805. The highest BCUT2D eigenvalue weighted by Gasteiger charge is 2.07. The fourth-order valence-corrected chi connectivity index (χ4v) is 2.49. The van der Waals surface area contributed by atoms with Gasteiger partial charge in [-0.2, -0.15) is 5.26 Å². The molecule has 2 aromatic rings. The normalized spacial score (nSPS) is 10.8. The molecule has 0 atom stereocenters. The average molecular weight is 349 g/mol. The molecule has 0 aromatic heterocycles. The lowest BCUT2D eigenvalue weighted by Gasteiger charge is -2.06. The molecule has 134 valence electrons. The molecule has 5 nitrogen and oxygen atoms in total. The maximum atomic E-state index is 12.0. The van der Waals surface area contributed by atoms with Crippen LogP contribution in [0.15, 0.2) is 60.3 Å². The van der Waals surface area contributed by atoms with Gasteiger partial charge in [0.05, 0.1) is 0 Å². The molecule has 0 saturated carbocycles. The Labute approximate surface area is 154 Å². The molecule has 0 aliphatic carbocycles. The van der Waals surface area contributed by atoms with Crippen LogP contribution in [0.4, 0.5) is 0 Å². The molecule has 3 N–H and O–H groups in total. The van der Waals surface area contributed by atoms with E-state index in [2.05, 4.69) is 22.8 Å². The van der Waals surface area contributed by atoms with Crippen LogP contribution in [-0.4, -0.2) is 24.1 Å². The van der Waals surface area contributed by atoms with Gasteiger partial charge in [-0.25, -0.2) is 0 Å². The van der Waals surface area contributed by atoms with Gasteiger partial charge in [-0.3, -0.25) is 4.79 Å². The smallest absolute Gasteiger partial charge is 0.263 e. The Morgan fingerprint density at radius 2 is 1.85 bits per heavy atom. The van der Waals surface area contributed by atoms with E-state index in [4.69, 9.17) is 5.26 Å². The Morgan fingerprint density at radius 3 is 2.54 bits per heavy atom. The Kier molecular flexibility index (Phi) is 7.26. The molecule has 0 radical (unpaired) electrons. The summed E-state index contributed by atoms with van der Waals surface area (Å²) in [5.74, 6) is -0.182. The maximum absolute atomic E-state index is 12.0. The number of carbonyl (C=O) groups excluding carboxylic acids is 1. The number of aryl methyl sites for hydroxylation is 1. The monoisotopic (exact) mass is 349 g/mol. The van der Waals surface area contributed by atoms with Crippen molar-refractivity contribution in [3.05, 3.63) is 77.0 Å². The van der Waals surface area contributed by atoms with E-state index in [1.54, 1.807) is 24.3 Å². The van der Waals surface area contributed by atoms with Gasteiger partial charge in [0.25, 0.3) is 5.91 Å². The molecule has 5 heteroatoms. The van der Waals surface area contributed by atoms with Crippen molar-refractivity contribution >= 4 is 5.91 Å². The SMILES string of the molecule is Cc1cccc(CCN/C=C(/C#N)C(=O)NCCc2ccc(O)cc2)c1. The fourth-order valence-electron chi connectivity index (χ4n) is 2.49. The first-order chi connectivity index (χ1) is 12.6. The molecule has 0 fully saturated rings. The number of phenols is 1. The summed E-state index contributed by atoms with van der Waals surface area (Å²) < 4.78 is 0. The van der Waals surface area contributed by atoms with E-state index in [9.17, 15) is 9.90 Å². The van der Waals surface area contributed by atoms with Crippen molar-refractivity contribution < 1.29 is 9.90 Å². The number of phenolic OH excluding ortho intramolecular Hbond substituents is 1. The average Bonchev–Trinajstić information content (AvgIpc) is 2.63. The number of nitriles is 1. The lowest BCUT2D eigenvalue weighted by Crippen LogP contribution is -2.27. The van der Waals surface area contributed by atoms with Gasteiger partial charge in [-0.05, 0) is 43.0 Å². The van der Waals surface area contributed by atoms with Gasteiger partial charge in [0.15, 0.2) is 0 Å². The third kappa shape index (κ3) is 6.33. The van der Waals surface area contributed by atoms with E-state index in [-0.39, 0.29) is 11.3 Å². The van der Waals surface area contributed by atoms with Crippen molar-refractivity contribution in [1.82, 2.24) is 10.6 Å². The van der Waals surface area contributed by atoms with Gasteiger partial charge in [0.1, 0.15) is 17.4 Å². The van der Waals surface area contributed by atoms with Crippen LogP contribution in [0.25, 0.3) is 0 Å². The summed E-state index contributed by atoms with van der Waals surface area (Å²) in [6, 6.07) is 17.0. The Balaban J connectivity index is 1.75. The lowest BCUT2D eigenvalue weighted by atomic mass is 10.1. The van der Waals surface area contributed by atoms with Gasteiger partial charge in [0, 0.05) is 19.3 Å². The van der Waals surface area contributed by atoms with Crippen molar-refractivity contribution in [3.63, 3.8) is 0 Å². The number of nitrogens with one attached hydrogen (secondary N) is 2. The largest absolute Gasteiger partial charge is 0.508 e. The van der Waals surface area contributed by atoms with Crippen molar-refractivity contribution in [1.29, 1.82) is 5.26 Å². The van der Waals surface area contributed by atoms with Crippen LogP contribution in [-0.2, 0) is 17.6 Å². The molecular weight excluding hydrogens is 326 g/mol. The minimum absolute atomic E-state index is 0.0555. The fraction of sp³-hybridized carbons (Fsp3) is 0.238. The molecular formula is C21H23N3O2. The number of rotatable bonds is 8. The summed E-state index contributed by atoms with van der Waals surface area (Å²) >= 11 is 0. The lowest BCUT2D eigenvalue weighted by molar-refractivity contribution is -0.117. The molecule has 1 amide bonds. The van der Waals surface area contributed by atoms with Gasteiger partial charge in [-0.15, -0.1) is 0 Å². The molecule has 0 unspecified atom stereocenters. The number of aromatic hydroxyl groups is 1. The molecule has 0 saturated heterocycles. The van der Waals surface area contributed by atoms with E-state index in [0.717, 1.165) is 12.0 Å². The highest BCUT2D eigenvalue weighted by molar-refractivity contribution is 5.97. The maximum Gasteiger partial charge on any atom is 0.263 e. The van der Waals surface area contributed by atoms with Crippen molar-refractivity contribution in [3.8, 4) is 11.8 Å². The summed E-state index contributed by atoms with van der Waals surface area (Å²) in [5.41, 5.74) is 3.48. The summed E-state index contributed by atoms with van der Waals surface area (Å²) in [6.07, 6.45) is 2.91. The Hall–Kier alpha value is -3.26. The Morgan fingerprint density at radius 1 is 1.12 bits per heavy atom. The third-order valence-corrected chi connectivity index (χ3v) is 3.89. The molecule has 0 aliphatic heterocycles. The first-order valence-corrected chi connectivity index (χ1v) is 8.54. The van der Waals surface area contributed by atoms with E-state index >= 15 is 0 Å². The molecule has 2 rings (SSSR count). The number of amides is 1. The van der Waals surface area contributed by atoms with E-state index in [1.165, 1.54) is 17.3 Å². The van der Waals surface area contributed by atoms with E-state index in [1.807, 2.05) is 25.1 Å². The predicted molar refractivity (Wildman–Crippen MR) is 101 cm³/mol. The molecule has 0 bridgehead atoms. The van der Waals surface area contributed by atoms with Gasteiger partial charge in [0.2, 0.25) is 0 Å². The molecule has 0 spiro atoms. The van der Waals surface area contributed by atoms with Crippen LogP contribution >= 0.6 is 0 Å². The summed E-state index contributed by atoms with van der Waals surface area (Å²) in [7, 11) is 0. The summed E-state index contributed by atoms with van der Waals surface area (Å²) in [6.45, 7) is 3.12.